The molecular weight excluding hydrogens is 410 g/mol. The van der Waals surface area contributed by atoms with E-state index < -0.39 is 0 Å². The molecule has 0 saturated heterocycles. The van der Waals surface area contributed by atoms with Crippen molar-refractivity contribution in [2.45, 2.75) is 27.7 Å². The molecule has 7 heteroatoms. The van der Waals surface area contributed by atoms with Crippen molar-refractivity contribution in [3.8, 4) is 11.5 Å². The molecule has 3 aromatic rings. The number of carbonyl (C=O) groups is 1. The monoisotopic (exact) mass is 441 g/mol. The number of nitrogens with zero attached hydrogens (tertiary/aromatic N) is 3. The standard InChI is InChI=1S/C24H31N3O3S/c1-7-26(8-2)13-14-27(23(28)18-10-11-19(29-5)20(15-18)30-6)24-25-22-17(4)16(3)9-12-21(22)31-24/h9-12,15H,7-8,13-14H2,1-6H3. The number of ether oxygens (including phenoxy) is 2. The van der Waals surface area contributed by atoms with Crippen LogP contribution in [0.1, 0.15) is 35.3 Å². The molecule has 3 rings (SSSR count). The highest BCUT2D eigenvalue weighted by molar-refractivity contribution is 7.22. The van der Waals surface area contributed by atoms with Crippen molar-refractivity contribution in [3.63, 3.8) is 0 Å². The van der Waals surface area contributed by atoms with Crippen LogP contribution in [-0.2, 0) is 0 Å². The van der Waals surface area contributed by atoms with E-state index in [1.54, 1.807) is 48.7 Å². The van der Waals surface area contributed by atoms with Crippen molar-refractivity contribution < 1.29 is 14.3 Å². The predicted molar refractivity (Wildman–Crippen MR) is 128 cm³/mol. The Morgan fingerprint density at radius 2 is 1.71 bits per heavy atom. The molecule has 0 saturated carbocycles. The Hall–Kier alpha value is -2.64. The fourth-order valence-electron chi connectivity index (χ4n) is 3.52. The molecule has 1 heterocycles. The summed E-state index contributed by atoms with van der Waals surface area (Å²) >= 11 is 1.56. The molecule has 1 amide bonds. The molecule has 0 unspecified atom stereocenters. The number of aromatic nitrogens is 1. The lowest BCUT2D eigenvalue weighted by atomic mass is 10.1. The molecule has 31 heavy (non-hydrogen) atoms. The summed E-state index contributed by atoms with van der Waals surface area (Å²) in [5.74, 6) is 1.04. The molecule has 2 aromatic carbocycles. The number of likely N-dealkylation sites (N-methyl/N-ethyl adjacent to an activating group) is 1. The molecule has 0 aliphatic rings. The lowest BCUT2D eigenvalue weighted by Crippen LogP contribution is -2.38. The van der Waals surface area contributed by atoms with E-state index in [1.165, 1.54) is 5.56 Å². The van der Waals surface area contributed by atoms with Crippen LogP contribution in [0.25, 0.3) is 10.2 Å². The van der Waals surface area contributed by atoms with Gasteiger partial charge in [-0.15, -0.1) is 0 Å². The van der Waals surface area contributed by atoms with Crippen molar-refractivity contribution in [3.05, 3.63) is 47.0 Å². The molecule has 0 radical (unpaired) electrons. The molecule has 0 atom stereocenters. The third-order valence-electron chi connectivity index (χ3n) is 5.71. The number of anilines is 1. The molecule has 6 nitrogen and oxygen atoms in total. The van der Waals surface area contributed by atoms with Crippen LogP contribution in [0.4, 0.5) is 5.13 Å². The van der Waals surface area contributed by atoms with E-state index in [4.69, 9.17) is 14.5 Å². The average molecular weight is 442 g/mol. The number of benzene rings is 2. The average Bonchev–Trinajstić information content (AvgIpc) is 3.23. The van der Waals surface area contributed by atoms with Gasteiger partial charge < -0.3 is 14.4 Å². The summed E-state index contributed by atoms with van der Waals surface area (Å²) in [6.45, 7) is 11.6. The number of hydrogen-bond donors (Lipinski definition) is 0. The van der Waals surface area contributed by atoms with Gasteiger partial charge in [-0.3, -0.25) is 9.69 Å². The van der Waals surface area contributed by atoms with Gasteiger partial charge in [0.05, 0.1) is 24.4 Å². The number of hydrogen-bond acceptors (Lipinski definition) is 6. The van der Waals surface area contributed by atoms with Gasteiger partial charge in [-0.2, -0.15) is 0 Å². The SMILES string of the molecule is CCN(CC)CCN(C(=O)c1ccc(OC)c(OC)c1)c1nc2c(C)c(C)ccc2s1. The first-order valence-electron chi connectivity index (χ1n) is 10.6. The quantitative estimate of drug-likeness (QED) is 0.472. The van der Waals surface area contributed by atoms with Crippen LogP contribution in [0.3, 0.4) is 0 Å². The molecule has 166 valence electrons. The second kappa shape index (κ2) is 10.1. The molecule has 0 bridgehead atoms. The van der Waals surface area contributed by atoms with E-state index in [2.05, 4.69) is 44.7 Å². The maximum atomic E-state index is 13.6. The lowest BCUT2D eigenvalue weighted by Gasteiger charge is -2.25. The van der Waals surface area contributed by atoms with Crippen molar-refractivity contribution in [2.75, 3.05) is 45.3 Å². The van der Waals surface area contributed by atoms with Gasteiger partial charge in [0.1, 0.15) is 0 Å². The fraction of sp³-hybridized carbons (Fsp3) is 0.417. The van der Waals surface area contributed by atoms with Gasteiger partial charge in [0.2, 0.25) is 0 Å². The van der Waals surface area contributed by atoms with Gasteiger partial charge >= 0.3 is 0 Å². The second-order valence-electron chi connectivity index (χ2n) is 7.40. The van der Waals surface area contributed by atoms with Crippen LogP contribution in [-0.4, -0.2) is 56.2 Å². The van der Waals surface area contributed by atoms with E-state index in [0.29, 0.717) is 23.6 Å². The molecule has 0 N–H and O–H groups in total. The van der Waals surface area contributed by atoms with Crippen LogP contribution < -0.4 is 14.4 Å². The number of aryl methyl sites for hydroxylation is 2. The van der Waals surface area contributed by atoms with Gasteiger partial charge in [0, 0.05) is 18.7 Å². The van der Waals surface area contributed by atoms with Crippen LogP contribution in [0.15, 0.2) is 30.3 Å². The van der Waals surface area contributed by atoms with Crippen LogP contribution in [0, 0.1) is 13.8 Å². The molecule has 1 aromatic heterocycles. The minimum atomic E-state index is -0.0958. The summed E-state index contributed by atoms with van der Waals surface area (Å²) < 4.78 is 11.8. The number of carbonyl (C=O) groups excluding carboxylic acids is 1. The Morgan fingerprint density at radius 1 is 1.00 bits per heavy atom. The Kier molecular flexibility index (Phi) is 7.51. The molecule has 0 spiro atoms. The smallest absolute Gasteiger partial charge is 0.260 e. The first kappa shape index (κ1) is 23.0. The summed E-state index contributed by atoms with van der Waals surface area (Å²) in [5, 5.41) is 0.718. The maximum Gasteiger partial charge on any atom is 0.260 e. The van der Waals surface area contributed by atoms with Crippen molar-refractivity contribution >= 4 is 32.6 Å². The van der Waals surface area contributed by atoms with E-state index in [1.807, 2.05) is 0 Å². The van der Waals surface area contributed by atoms with Crippen LogP contribution >= 0.6 is 11.3 Å². The summed E-state index contributed by atoms with van der Waals surface area (Å²) in [4.78, 5) is 22.6. The number of methoxy groups -OCH3 is 2. The highest BCUT2D eigenvalue weighted by Crippen LogP contribution is 2.34. The number of rotatable bonds is 9. The van der Waals surface area contributed by atoms with Gasteiger partial charge in [-0.1, -0.05) is 31.3 Å². The lowest BCUT2D eigenvalue weighted by molar-refractivity contribution is 0.0983. The van der Waals surface area contributed by atoms with Gasteiger partial charge in [0.25, 0.3) is 5.91 Å². The van der Waals surface area contributed by atoms with Gasteiger partial charge in [-0.05, 0) is 62.3 Å². The fourth-order valence-corrected chi connectivity index (χ4v) is 4.57. The third kappa shape index (κ3) is 4.83. The highest BCUT2D eigenvalue weighted by atomic mass is 32.1. The Balaban J connectivity index is 2.02. The predicted octanol–water partition coefficient (Wildman–Crippen LogP) is 4.92. The minimum Gasteiger partial charge on any atom is -0.493 e. The normalized spacial score (nSPS) is 11.2. The zero-order valence-electron chi connectivity index (χ0n) is 19.2. The summed E-state index contributed by atoms with van der Waals surface area (Å²) in [6, 6.07) is 9.46. The summed E-state index contributed by atoms with van der Waals surface area (Å²) in [6.07, 6.45) is 0. The largest absolute Gasteiger partial charge is 0.493 e. The van der Waals surface area contributed by atoms with Crippen molar-refractivity contribution in [2.24, 2.45) is 0 Å². The Bertz CT molecular complexity index is 1060. The molecular formula is C24H31N3O3S. The summed E-state index contributed by atoms with van der Waals surface area (Å²) in [7, 11) is 3.16. The first-order chi connectivity index (χ1) is 14.9. The molecule has 0 aliphatic carbocycles. The zero-order chi connectivity index (χ0) is 22.5. The zero-order valence-corrected chi connectivity index (χ0v) is 20.0. The van der Waals surface area contributed by atoms with E-state index in [-0.39, 0.29) is 5.91 Å². The number of amides is 1. The van der Waals surface area contributed by atoms with Crippen molar-refractivity contribution in [1.82, 2.24) is 9.88 Å². The van der Waals surface area contributed by atoms with E-state index in [0.717, 1.165) is 40.5 Å². The maximum absolute atomic E-state index is 13.6. The first-order valence-corrected chi connectivity index (χ1v) is 11.4. The molecule has 0 fully saturated rings. The highest BCUT2D eigenvalue weighted by Gasteiger charge is 2.23. The third-order valence-corrected chi connectivity index (χ3v) is 6.76. The van der Waals surface area contributed by atoms with Crippen molar-refractivity contribution in [1.29, 1.82) is 0 Å². The van der Waals surface area contributed by atoms with Gasteiger partial charge in [-0.25, -0.2) is 4.98 Å². The van der Waals surface area contributed by atoms with E-state index >= 15 is 0 Å². The molecule has 0 aliphatic heterocycles. The second-order valence-corrected chi connectivity index (χ2v) is 8.41. The van der Waals surface area contributed by atoms with Gasteiger partial charge in [0.15, 0.2) is 16.6 Å². The van der Waals surface area contributed by atoms with Crippen LogP contribution in [0.2, 0.25) is 0 Å². The number of thiazole rings is 1. The summed E-state index contributed by atoms with van der Waals surface area (Å²) in [5.41, 5.74) is 3.87. The minimum absolute atomic E-state index is 0.0958. The topological polar surface area (TPSA) is 54.9 Å². The van der Waals surface area contributed by atoms with E-state index in [9.17, 15) is 4.79 Å². The number of fused-ring (bicyclic) bond motifs is 1. The van der Waals surface area contributed by atoms with Crippen LogP contribution in [0.5, 0.6) is 11.5 Å². The Morgan fingerprint density at radius 3 is 2.35 bits per heavy atom. The Labute approximate surface area is 188 Å².